The van der Waals surface area contributed by atoms with E-state index in [1.54, 1.807) is 6.08 Å². The van der Waals surface area contributed by atoms with Crippen LogP contribution in [0.2, 0.25) is 0 Å². The standard InChI is InChI=1S/C10H10BrNO3S/c1-6(13)12-10-7(5-8(11)16-10)3-4-9(14)15-2/h3-5H,1-2H3,(H,12,13). The van der Waals surface area contributed by atoms with Crippen LogP contribution in [-0.4, -0.2) is 19.0 Å². The zero-order chi connectivity index (χ0) is 12.1. The molecule has 16 heavy (non-hydrogen) atoms. The quantitative estimate of drug-likeness (QED) is 0.690. The van der Waals surface area contributed by atoms with Crippen molar-refractivity contribution in [2.45, 2.75) is 6.92 Å². The highest BCUT2D eigenvalue weighted by atomic mass is 79.9. The van der Waals surface area contributed by atoms with Gasteiger partial charge >= 0.3 is 5.97 Å². The third-order valence-electron chi connectivity index (χ3n) is 1.62. The van der Waals surface area contributed by atoms with Crippen LogP contribution in [0.4, 0.5) is 5.00 Å². The SMILES string of the molecule is COC(=O)C=Cc1cc(Br)sc1NC(C)=O. The Morgan fingerprint density at radius 1 is 1.56 bits per heavy atom. The molecule has 1 amide bonds. The molecule has 0 aliphatic rings. The van der Waals surface area contributed by atoms with Gasteiger partial charge in [-0.15, -0.1) is 11.3 Å². The topological polar surface area (TPSA) is 55.4 Å². The van der Waals surface area contributed by atoms with E-state index in [4.69, 9.17) is 0 Å². The molecule has 0 bridgehead atoms. The van der Waals surface area contributed by atoms with Crippen molar-refractivity contribution in [3.63, 3.8) is 0 Å². The minimum Gasteiger partial charge on any atom is -0.466 e. The summed E-state index contributed by atoms with van der Waals surface area (Å²) in [6.07, 6.45) is 2.90. The first-order valence-corrected chi connectivity index (χ1v) is 5.97. The number of anilines is 1. The van der Waals surface area contributed by atoms with Crippen LogP contribution in [-0.2, 0) is 14.3 Å². The summed E-state index contributed by atoms with van der Waals surface area (Å²) in [6.45, 7) is 1.43. The maximum Gasteiger partial charge on any atom is 0.330 e. The molecule has 0 unspecified atom stereocenters. The van der Waals surface area contributed by atoms with E-state index in [9.17, 15) is 9.59 Å². The summed E-state index contributed by atoms with van der Waals surface area (Å²) in [5, 5.41) is 3.38. The molecule has 0 atom stereocenters. The monoisotopic (exact) mass is 303 g/mol. The van der Waals surface area contributed by atoms with Crippen LogP contribution in [0.5, 0.6) is 0 Å². The largest absolute Gasteiger partial charge is 0.466 e. The zero-order valence-corrected chi connectivity index (χ0v) is 11.1. The molecule has 0 aromatic carbocycles. The zero-order valence-electron chi connectivity index (χ0n) is 8.74. The molecular weight excluding hydrogens is 294 g/mol. The van der Waals surface area contributed by atoms with E-state index in [0.29, 0.717) is 5.00 Å². The van der Waals surface area contributed by atoms with Gasteiger partial charge in [-0.25, -0.2) is 4.79 Å². The second-order valence-corrected chi connectivity index (χ2v) is 5.30. The van der Waals surface area contributed by atoms with Gasteiger partial charge < -0.3 is 10.1 Å². The average Bonchev–Trinajstić information content (AvgIpc) is 2.54. The lowest BCUT2D eigenvalue weighted by Crippen LogP contribution is -2.04. The Kier molecular flexibility index (Phi) is 4.70. The number of carbonyl (C=O) groups is 2. The fourth-order valence-corrected chi connectivity index (χ4v) is 2.53. The molecule has 0 aliphatic carbocycles. The Morgan fingerprint density at radius 3 is 2.81 bits per heavy atom. The molecule has 1 rings (SSSR count). The first-order valence-electron chi connectivity index (χ1n) is 4.36. The van der Waals surface area contributed by atoms with E-state index in [0.717, 1.165) is 9.35 Å². The molecule has 0 aliphatic heterocycles. The Bertz CT molecular complexity index is 439. The number of carbonyl (C=O) groups excluding carboxylic acids is 2. The second kappa shape index (κ2) is 5.81. The van der Waals surface area contributed by atoms with Gasteiger partial charge in [0, 0.05) is 18.6 Å². The maximum atomic E-state index is 10.9. The molecule has 6 heteroatoms. The van der Waals surface area contributed by atoms with Crippen molar-refractivity contribution >= 4 is 50.2 Å². The molecule has 86 valence electrons. The number of nitrogens with one attached hydrogen (secondary N) is 1. The fourth-order valence-electron chi connectivity index (χ4n) is 0.981. The highest BCUT2D eigenvalue weighted by Crippen LogP contribution is 2.32. The molecule has 1 aromatic rings. The number of ether oxygens (including phenoxy) is 1. The first-order chi connectivity index (χ1) is 7.52. The molecule has 0 fully saturated rings. The summed E-state index contributed by atoms with van der Waals surface area (Å²) in [6, 6.07) is 1.81. The van der Waals surface area contributed by atoms with E-state index in [-0.39, 0.29) is 5.91 Å². The number of rotatable bonds is 3. The van der Waals surface area contributed by atoms with Crippen LogP contribution in [0.1, 0.15) is 12.5 Å². The summed E-state index contributed by atoms with van der Waals surface area (Å²) in [4.78, 5) is 21.9. The number of methoxy groups -OCH3 is 1. The lowest BCUT2D eigenvalue weighted by Gasteiger charge is -1.98. The maximum absolute atomic E-state index is 10.9. The summed E-state index contributed by atoms with van der Waals surface area (Å²) in [5.41, 5.74) is 0.762. The van der Waals surface area contributed by atoms with Crippen LogP contribution in [0, 0.1) is 0 Å². The number of amides is 1. The first kappa shape index (κ1) is 12.9. The molecule has 0 saturated heterocycles. The molecule has 1 heterocycles. The van der Waals surface area contributed by atoms with Crippen molar-refractivity contribution in [2.24, 2.45) is 0 Å². The number of halogens is 1. The number of hydrogen-bond donors (Lipinski definition) is 1. The van der Waals surface area contributed by atoms with E-state index in [1.165, 1.54) is 31.4 Å². The van der Waals surface area contributed by atoms with Crippen molar-refractivity contribution in [1.29, 1.82) is 0 Å². The van der Waals surface area contributed by atoms with Crippen LogP contribution in [0.15, 0.2) is 15.9 Å². The van der Waals surface area contributed by atoms with Crippen molar-refractivity contribution in [2.75, 3.05) is 12.4 Å². The number of hydrogen-bond acceptors (Lipinski definition) is 4. The highest BCUT2D eigenvalue weighted by molar-refractivity contribution is 9.11. The third kappa shape index (κ3) is 3.79. The lowest BCUT2D eigenvalue weighted by atomic mass is 10.3. The fraction of sp³-hybridized carbons (Fsp3) is 0.200. The molecule has 1 N–H and O–H groups in total. The number of thiophene rings is 1. The van der Waals surface area contributed by atoms with Gasteiger partial charge in [0.15, 0.2) is 0 Å². The van der Waals surface area contributed by atoms with Gasteiger partial charge in [-0.2, -0.15) is 0 Å². The smallest absolute Gasteiger partial charge is 0.330 e. The van der Waals surface area contributed by atoms with Gasteiger partial charge in [-0.05, 0) is 28.1 Å². The van der Waals surface area contributed by atoms with E-state index < -0.39 is 5.97 Å². The summed E-state index contributed by atoms with van der Waals surface area (Å²) >= 11 is 4.70. The number of esters is 1. The molecule has 1 aromatic heterocycles. The van der Waals surface area contributed by atoms with Crippen LogP contribution in [0.3, 0.4) is 0 Å². The predicted molar refractivity (Wildman–Crippen MR) is 67.4 cm³/mol. The van der Waals surface area contributed by atoms with Gasteiger partial charge in [0.05, 0.1) is 10.9 Å². The van der Waals surface area contributed by atoms with Crippen LogP contribution in [0.25, 0.3) is 6.08 Å². The Balaban J connectivity index is 2.90. The minimum absolute atomic E-state index is 0.151. The molecule has 0 saturated carbocycles. The molecule has 4 nitrogen and oxygen atoms in total. The summed E-state index contributed by atoms with van der Waals surface area (Å²) < 4.78 is 5.35. The van der Waals surface area contributed by atoms with Crippen LogP contribution < -0.4 is 5.32 Å². The molecule has 0 radical (unpaired) electrons. The van der Waals surface area contributed by atoms with E-state index >= 15 is 0 Å². The highest BCUT2D eigenvalue weighted by Gasteiger charge is 2.07. The van der Waals surface area contributed by atoms with Crippen molar-refractivity contribution in [1.82, 2.24) is 0 Å². The predicted octanol–water partition coefficient (Wildman–Crippen LogP) is 2.66. The summed E-state index contributed by atoms with van der Waals surface area (Å²) in [7, 11) is 1.31. The summed E-state index contributed by atoms with van der Waals surface area (Å²) in [5.74, 6) is -0.585. The Labute approximate surface area is 105 Å². The minimum atomic E-state index is -0.434. The van der Waals surface area contributed by atoms with Gasteiger partial charge in [0.2, 0.25) is 5.91 Å². The Morgan fingerprint density at radius 2 is 2.25 bits per heavy atom. The lowest BCUT2D eigenvalue weighted by molar-refractivity contribution is -0.134. The van der Waals surface area contributed by atoms with Gasteiger partial charge in [-0.1, -0.05) is 0 Å². The molecular formula is C10H10BrNO3S. The van der Waals surface area contributed by atoms with Crippen LogP contribution >= 0.6 is 27.3 Å². The Hall–Kier alpha value is -1.14. The average molecular weight is 304 g/mol. The van der Waals surface area contributed by atoms with Gasteiger partial charge in [0.25, 0.3) is 0 Å². The van der Waals surface area contributed by atoms with E-state index in [1.807, 2.05) is 6.07 Å². The second-order valence-electron chi connectivity index (χ2n) is 2.87. The van der Waals surface area contributed by atoms with Gasteiger partial charge in [-0.3, -0.25) is 4.79 Å². The van der Waals surface area contributed by atoms with Crippen molar-refractivity contribution in [3.05, 3.63) is 21.5 Å². The molecule has 0 spiro atoms. The van der Waals surface area contributed by atoms with Crippen molar-refractivity contribution < 1.29 is 14.3 Å². The van der Waals surface area contributed by atoms with Gasteiger partial charge in [0.1, 0.15) is 5.00 Å². The van der Waals surface area contributed by atoms with Crippen molar-refractivity contribution in [3.8, 4) is 0 Å². The van der Waals surface area contributed by atoms with E-state index in [2.05, 4.69) is 26.0 Å². The third-order valence-corrected chi connectivity index (χ3v) is 3.19. The normalized spacial score (nSPS) is 10.4.